The van der Waals surface area contributed by atoms with Crippen molar-refractivity contribution in [2.45, 2.75) is 33.1 Å². The van der Waals surface area contributed by atoms with Gasteiger partial charge in [-0.3, -0.25) is 19.1 Å². The fourth-order valence-corrected chi connectivity index (χ4v) is 2.20. The number of esters is 1. The number of H-pyrrole nitrogens is 1. The maximum atomic E-state index is 11.8. The van der Waals surface area contributed by atoms with Crippen molar-refractivity contribution < 1.29 is 14.3 Å². The van der Waals surface area contributed by atoms with Crippen molar-refractivity contribution in [1.29, 1.82) is 0 Å². The largest absolute Gasteiger partial charge is 0.462 e. The maximum Gasteiger partial charge on any atom is 0.330 e. The summed E-state index contributed by atoms with van der Waals surface area (Å²) in [5, 5.41) is 0. The molecule has 1 aromatic heterocycles. The van der Waals surface area contributed by atoms with Gasteiger partial charge in [0.25, 0.3) is 5.56 Å². The Balaban J connectivity index is 2.01. The van der Waals surface area contributed by atoms with Crippen LogP contribution in [0.3, 0.4) is 0 Å². The zero-order valence-electron chi connectivity index (χ0n) is 12.5. The van der Waals surface area contributed by atoms with Gasteiger partial charge in [-0.05, 0) is 49.4 Å². The van der Waals surface area contributed by atoms with Crippen molar-refractivity contribution in [2.24, 2.45) is 5.41 Å². The molecule has 1 N–H and O–H groups in total. The van der Waals surface area contributed by atoms with E-state index in [1.165, 1.54) is 10.8 Å². The Morgan fingerprint density at radius 1 is 1.41 bits per heavy atom. The lowest BCUT2D eigenvalue weighted by molar-refractivity contribution is -0.156. The van der Waals surface area contributed by atoms with Crippen LogP contribution >= 0.6 is 22.6 Å². The monoisotopic (exact) mass is 420 g/mol. The van der Waals surface area contributed by atoms with Gasteiger partial charge in [0.15, 0.2) is 6.23 Å². The standard InChI is InChI=1S/C14H17IN2O5/c1-14(2,3)12(19)21-7-8-4-5-10(22-8)17-6-9(15)11(18)16-13(17)20/h4-6,8,10H,7H2,1-3H3,(H,16,18,20). The molecule has 0 spiro atoms. The molecule has 0 amide bonds. The van der Waals surface area contributed by atoms with Crippen LogP contribution < -0.4 is 11.2 Å². The van der Waals surface area contributed by atoms with Gasteiger partial charge < -0.3 is 9.47 Å². The highest BCUT2D eigenvalue weighted by atomic mass is 127. The summed E-state index contributed by atoms with van der Waals surface area (Å²) in [7, 11) is 0. The summed E-state index contributed by atoms with van der Waals surface area (Å²) in [6, 6.07) is 0. The molecule has 2 rings (SSSR count). The van der Waals surface area contributed by atoms with E-state index in [4.69, 9.17) is 9.47 Å². The fourth-order valence-electron chi connectivity index (χ4n) is 1.77. The van der Waals surface area contributed by atoms with Crippen LogP contribution in [0.15, 0.2) is 27.9 Å². The Labute approximate surface area is 140 Å². The fraction of sp³-hybridized carbons (Fsp3) is 0.500. The number of rotatable bonds is 3. The Bertz CT molecular complexity index is 713. The number of aromatic nitrogens is 2. The molecule has 2 atom stereocenters. The van der Waals surface area contributed by atoms with Crippen LogP contribution in [-0.2, 0) is 14.3 Å². The van der Waals surface area contributed by atoms with Crippen LogP contribution in [0.5, 0.6) is 0 Å². The Kier molecular flexibility index (Phi) is 4.90. The zero-order chi connectivity index (χ0) is 16.5. The topological polar surface area (TPSA) is 90.4 Å². The highest BCUT2D eigenvalue weighted by Crippen LogP contribution is 2.21. The number of nitrogens with zero attached hydrogens (tertiary/aromatic N) is 1. The minimum atomic E-state index is -0.629. The van der Waals surface area contributed by atoms with Crippen LogP contribution in [0, 0.1) is 8.99 Å². The van der Waals surface area contributed by atoms with E-state index < -0.39 is 29.0 Å². The Morgan fingerprint density at radius 2 is 2.09 bits per heavy atom. The summed E-state index contributed by atoms with van der Waals surface area (Å²) in [6.07, 6.45) is 3.79. The predicted octanol–water partition coefficient (Wildman–Crippen LogP) is 1.18. The van der Waals surface area contributed by atoms with Gasteiger partial charge in [-0.1, -0.05) is 6.08 Å². The predicted molar refractivity (Wildman–Crippen MR) is 87.5 cm³/mol. The maximum absolute atomic E-state index is 11.8. The number of halogens is 1. The normalized spacial score (nSPS) is 21.1. The van der Waals surface area contributed by atoms with E-state index in [0.29, 0.717) is 3.57 Å². The molecule has 2 unspecified atom stereocenters. The van der Waals surface area contributed by atoms with Crippen LogP contribution in [0.1, 0.15) is 27.0 Å². The van der Waals surface area contributed by atoms with Gasteiger partial charge in [-0.2, -0.15) is 0 Å². The molecule has 0 bridgehead atoms. The first-order chi connectivity index (χ1) is 10.2. The summed E-state index contributed by atoms with van der Waals surface area (Å²) in [5.74, 6) is -0.316. The van der Waals surface area contributed by atoms with E-state index in [9.17, 15) is 14.4 Å². The molecule has 0 aliphatic carbocycles. The average Bonchev–Trinajstić information content (AvgIpc) is 2.87. The molecule has 1 aliphatic heterocycles. The van der Waals surface area contributed by atoms with Gasteiger partial charge in [0.2, 0.25) is 0 Å². The van der Waals surface area contributed by atoms with E-state index in [-0.39, 0.29) is 12.6 Å². The van der Waals surface area contributed by atoms with Crippen molar-refractivity contribution in [2.75, 3.05) is 6.61 Å². The molecular formula is C14H17IN2O5. The molecule has 1 aliphatic rings. The first-order valence-corrected chi connectivity index (χ1v) is 7.78. The molecule has 22 heavy (non-hydrogen) atoms. The lowest BCUT2D eigenvalue weighted by Crippen LogP contribution is -2.34. The van der Waals surface area contributed by atoms with Gasteiger partial charge in [0, 0.05) is 6.20 Å². The highest BCUT2D eigenvalue weighted by Gasteiger charge is 2.27. The van der Waals surface area contributed by atoms with Gasteiger partial charge >= 0.3 is 11.7 Å². The van der Waals surface area contributed by atoms with Crippen molar-refractivity contribution in [1.82, 2.24) is 9.55 Å². The molecule has 0 radical (unpaired) electrons. The van der Waals surface area contributed by atoms with Gasteiger partial charge in [0.05, 0.1) is 8.99 Å². The lowest BCUT2D eigenvalue weighted by Gasteiger charge is -2.19. The van der Waals surface area contributed by atoms with Crippen LogP contribution in [0.4, 0.5) is 0 Å². The third-order valence-electron chi connectivity index (χ3n) is 2.99. The number of ether oxygens (including phenoxy) is 2. The second-order valence-electron chi connectivity index (χ2n) is 5.94. The molecule has 120 valence electrons. The van der Waals surface area contributed by atoms with Crippen molar-refractivity contribution in [3.63, 3.8) is 0 Å². The van der Waals surface area contributed by atoms with Crippen LogP contribution in [0.25, 0.3) is 0 Å². The molecule has 1 aromatic rings. The molecule has 0 saturated carbocycles. The van der Waals surface area contributed by atoms with Gasteiger partial charge in [-0.15, -0.1) is 0 Å². The highest BCUT2D eigenvalue weighted by molar-refractivity contribution is 14.1. The Morgan fingerprint density at radius 3 is 2.73 bits per heavy atom. The number of nitrogens with one attached hydrogen (secondary N) is 1. The minimum Gasteiger partial charge on any atom is -0.462 e. The first-order valence-electron chi connectivity index (χ1n) is 6.70. The minimum absolute atomic E-state index is 0.0816. The quantitative estimate of drug-likeness (QED) is 0.451. The molecular weight excluding hydrogens is 403 g/mol. The SMILES string of the molecule is CC(C)(C)C(=O)OCC1C=CC(n2cc(I)c(=O)[nH]c2=O)O1. The number of carbonyl (C=O) groups excluding carboxylic acids is 1. The van der Waals surface area contributed by atoms with Crippen molar-refractivity contribution in [3.8, 4) is 0 Å². The second kappa shape index (κ2) is 6.37. The second-order valence-corrected chi connectivity index (χ2v) is 7.10. The van der Waals surface area contributed by atoms with E-state index in [2.05, 4.69) is 4.98 Å². The average molecular weight is 420 g/mol. The Hall–Kier alpha value is -1.42. The number of carbonyl (C=O) groups is 1. The molecule has 8 heteroatoms. The summed E-state index contributed by atoms with van der Waals surface area (Å²) in [5.41, 5.74) is -1.56. The summed E-state index contributed by atoms with van der Waals surface area (Å²) in [6.45, 7) is 5.39. The lowest BCUT2D eigenvalue weighted by atomic mass is 9.97. The van der Waals surface area contributed by atoms with E-state index in [1.54, 1.807) is 32.9 Å². The zero-order valence-corrected chi connectivity index (χ0v) is 14.6. The first kappa shape index (κ1) is 16.9. The van der Waals surface area contributed by atoms with Crippen molar-refractivity contribution in [3.05, 3.63) is 42.8 Å². The van der Waals surface area contributed by atoms with Gasteiger partial charge in [0.1, 0.15) is 12.7 Å². The number of hydrogen-bond donors (Lipinski definition) is 1. The molecule has 0 aromatic carbocycles. The molecule has 7 nitrogen and oxygen atoms in total. The number of hydrogen-bond acceptors (Lipinski definition) is 5. The van der Waals surface area contributed by atoms with Gasteiger partial charge in [-0.25, -0.2) is 4.79 Å². The molecule has 0 fully saturated rings. The molecule has 2 heterocycles. The van der Waals surface area contributed by atoms with Crippen molar-refractivity contribution >= 4 is 28.6 Å². The van der Waals surface area contributed by atoms with Crippen LogP contribution in [0.2, 0.25) is 0 Å². The molecule has 0 saturated heterocycles. The summed E-state index contributed by atoms with van der Waals surface area (Å²) < 4.78 is 12.5. The van der Waals surface area contributed by atoms with E-state index in [0.717, 1.165) is 0 Å². The summed E-state index contributed by atoms with van der Waals surface area (Å²) >= 11 is 1.84. The van der Waals surface area contributed by atoms with E-state index in [1.807, 2.05) is 22.6 Å². The number of aromatic amines is 1. The van der Waals surface area contributed by atoms with E-state index >= 15 is 0 Å². The van der Waals surface area contributed by atoms with Crippen LogP contribution in [-0.4, -0.2) is 28.2 Å². The third-order valence-corrected chi connectivity index (χ3v) is 3.76. The third kappa shape index (κ3) is 3.86. The smallest absolute Gasteiger partial charge is 0.330 e. The summed E-state index contributed by atoms with van der Waals surface area (Å²) in [4.78, 5) is 37.1.